The normalized spacial score (nSPS) is 23.2. The molecular weight excluding hydrogens is 374 g/mol. The standard InChI is InChI=1S/C25H39N3O2/c1-7-21-8-10-22(11-9-21)20(3)28-17-16-27(18-19(28)2)23-12-14-26(15-13-23)24(29)30-25(4,5)6/h7-11,19-20,23H,1,12-18H2,2-6H3/t19-,20+/m1/s1. The molecule has 0 N–H and O–H groups in total. The van der Waals surface area contributed by atoms with E-state index >= 15 is 0 Å². The van der Waals surface area contributed by atoms with Gasteiger partial charge in [-0.05, 0) is 58.6 Å². The van der Waals surface area contributed by atoms with Crippen molar-refractivity contribution in [2.24, 2.45) is 0 Å². The summed E-state index contributed by atoms with van der Waals surface area (Å²) in [6.07, 6.45) is 3.79. The predicted octanol–water partition coefficient (Wildman–Crippen LogP) is 4.80. The Morgan fingerprint density at radius 3 is 2.30 bits per heavy atom. The second kappa shape index (κ2) is 9.52. The van der Waals surface area contributed by atoms with Crippen LogP contribution in [-0.2, 0) is 4.74 Å². The van der Waals surface area contributed by atoms with E-state index in [9.17, 15) is 4.79 Å². The average Bonchev–Trinajstić information content (AvgIpc) is 2.72. The van der Waals surface area contributed by atoms with Gasteiger partial charge in [0, 0.05) is 50.8 Å². The molecule has 0 bridgehead atoms. The fourth-order valence-electron chi connectivity index (χ4n) is 4.75. The van der Waals surface area contributed by atoms with Gasteiger partial charge in [-0.2, -0.15) is 0 Å². The van der Waals surface area contributed by atoms with Crippen molar-refractivity contribution in [1.29, 1.82) is 0 Å². The van der Waals surface area contributed by atoms with Crippen molar-refractivity contribution in [1.82, 2.24) is 14.7 Å². The zero-order valence-electron chi connectivity index (χ0n) is 19.4. The number of rotatable bonds is 4. The molecule has 2 fully saturated rings. The number of carbonyl (C=O) groups is 1. The maximum Gasteiger partial charge on any atom is 0.410 e. The van der Waals surface area contributed by atoms with Gasteiger partial charge in [0.25, 0.3) is 0 Å². The van der Waals surface area contributed by atoms with Crippen LogP contribution in [0.4, 0.5) is 4.79 Å². The van der Waals surface area contributed by atoms with Gasteiger partial charge in [0.2, 0.25) is 0 Å². The summed E-state index contributed by atoms with van der Waals surface area (Å²) < 4.78 is 5.53. The lowest BCUT2D eigenvalue weighted by Crippen LogP contribution is -2.57. The highest BCUT2D eigenvalue weighted by Gasteiger charge is 2.34. The Morgan fingerprint density at radius 1 is 1.13 bits per heavy atom. The number of ether oxygens (including phenoxy) is 1. The van der Waals surface area contributed by atoms with Crippen LogP contribution in [0.15, 0.2) is 30.8 Å². The molecule has 1 aromatic rings. The van der Waals surface area contributed by atoms with Gasteiger partial charge in [-0.15, -0.1) is 0 Å². The lowest BCUT2D eigenvalue weighted by molar-refractivity contribution is -0.00206. The Balaban J connectivity index is 1.50. The number of hydrogen-bond donors (Lipinski definition) is 0. The lowest BCUT2D eigenvalue weighted by Gasteiger charge is -2.47. The minimum absolute atomic E-state index is 0.171. The molecule has 3 rings (SSSR count). The Hall–Kier alpha value is -1.85. The molecule has 0 spiro atoms. The van der Waals surface area contributed by atoms with E-state index in [1.165, 1.54) is 11.1 Å². The van der Waals surface area contributed by atoms with Gasteiger partial charge in [-0.1, -0.05) is 36.9 Å². The van der Waals surface area contributed by atoms with Gasteiger partial charge in [0.15, 0.2) is 0 Å². The van der Waals surface area contributed by atoms with E-state index in [2.05, 4.69) is 54.5 Å². The SMILES string of the molecule is C=Cc1ccc([C@H](C)N2CCN(C3CCN(C(=O)OC(C)(C)C)CC3)C[C@H]2C)cc1. The van der Waals surface area contributed by atoms with Crippen molar-refractivity contribution in [2.75, 3.05) is 32.7 Å². The van der Waals surface area contributed by atoms with E-state index < -0.39 is 5.60 Å². The summed E-state index contributed by atoms with van der Waals surface area (Å²) >= 11 is 0. The Morgan fingerprint density at radius 2 is 1.77 bits per heavy atom. The molecule has 5 heteroatoms. The number of nitrogens with zero attached hydrogens (tertiary/aromatic N) is 3. The van der Waals surface area contributed by atoms with Crippen molar-refractivity contribution in [2.45, 2.75) is 71.2 Å². The molecular formula is C25H39N3O2. The summed E-state index contributed by atoms with van der Waals surface area (Å²) in [6, 6.07) is 10.2. The number of carbonyl (C=O) groups excluding carboxylic acids is 1. The Bertz CT molecular complexity index is 717. The minimum atomic E-state index is -0.428. The number of likely N-dealkylation sites (tertiary alicyclic amines) is 1. The third-order valence-electron chi connectivity index (χ3n) is 6.49. The second-order valence-electron chi connectivity index (χ2n) is 9.83. The summed E-state index contributed by atoms with van der Waals surface area (Å²) in [5.41, 5.74) is 2.11. The van der Waals surface area contributed by atoms with Crippen LogP contribution in [0.2, 0.25) is 0 Å². The topological polar surface area (TPSA) is 36.0 Å². The zero-order valence-corrected chi connectivity index (χ0v) is 19.4. The first-order valence-electron chi connectivity index (χ1n) is 11.4. The molecule has 0 unspecified atom stereocenters. The van der Waals surface area contributed by atoms with E-state index in [1.807, 2.05) is 31.7 Å². The van der Waals surface area contributed by atoms with Crippen LogP contribution >= 0.6 is 0 Å². The van der Waals surface area contributed by atoms with Crippen molar-refractivity contribution in [3.8, 4) is 0 Å². The molecule has 2 aliphatic rings. The first-order chi connectivity index (χ1) is 14.2. The van der Waals surface area contributed by atoms with Crippen LogP contribution in [0.5, 0.6) is 0 Å². The van der Waals surface area contributed by atoms with Crippen LogP contribution in [-0.4, -0.2) is 71.2 Å². The first-order valence-corrected chi connectivity index (χ1v) is 11.4. The molecule has 0 aliphatic carbocycles. The van der Waals surface area contributed by atoms with Crippen molar-refractivity contribution in [3.05, 3.63) is 42.0 Å². The van der Waals surface area contributed by atoms with E-state index in [1.54, 1.807) is 0 Å². The number of amides is 1. The quantitative estimate of drug-likeness (QED) is 0.711. The van der Waals surface area contributed by atoms with E-state index in [0.717, 1.165) is 45.6 Å². The third kappa shape index (κ3) is 5.64. The summed E-state index contributed by atoms with van der Waals surface area (Å²) in [5, 5.41) is 0. The molecule has 5 nitrogen and oxygen atoms in total. The molecule has 2 heterocycles. The van der Waals surface area contributed by atoms with Crippen LogP contribution in [0.3, 0.4) is 0 Å². The molecule has 0 radical (unpaired) electrons. The molecule has 1 amide bonds. The van der Waals surface area contributed by atoms with Gasteiger partial charge in [-0.25, -0.2) is 4.79 Å². The first kappa shape index (κ1) is 22.8. The predicted molar refractivity (Wildman–Crippen MR) is 124 cm³/mol. The van der Waals surface area contributed by atoms with Crippen molar-refractivity contribution in [3.63, 3.8) is 0 Å². The van der Waals surface area contributed by atoms with Gasteiger partial charge >= 0.3 is 6.09 Å². The van der Waals surface area contributed by atoms with Crippen LogP contribution in [0, 0.1) is 0 Å². The third-order valence-corrected chi connectivity index (χ3v) is 6.49. The van der Waals surface area contributed by atoms with Gasteiger partial charge < -0.3 is 9.64 Å². The number of piperidine rings is 1. The summed E-state index contributed by atoms with van der Waals surface area (Å²) in [7, 11) is 0. The van der Waals surface area contributed by atoms with Gasteiger partial charge in [0.05, 0.1) is 0 Å². The van der Waals surface area contributed by atoms with Crippen molar-refractivity contribution >= 4 is 12.2 Å². The van der Waals surface area contributed by atoms with Gasteiger partial charge in [0.1, 0.15) is 5.60 Å². The zero-order chi connectivity index (χ0) is 21.9. The van der Waals surface area contributed by atoms with E-state index in [4.69, 9.17) is 4.74 Å². The average molecular weight is 414 g/mol. The van der Waals surface area contributed by atoms with E-state index in [0.29, 0.717) is 18.1 Å². The fourth-order valence-corrected chi connectivity index (χ4v) is 4.75. The van der Waals surface area contributed by atoms with Crippen LogP contribution in [0.25, 0.3) is 6.08 Å². The summed E-state index contributed by atoms with van der Waals surface area (Å²) in [4.78, 5) is 19.5. The Kier molecular flexibility index (Phi) is 7.25. The maximum absolute atomic E-state index is 12.3. The second-order valence-corrected chi connectivity index (χ2v) is 9.83. The number of piperazine rings is 1. The fraction of sp³-hybridized carbons (Fsp3) is 0.640. The highest BCUT2D eigenvalue weighted by Crippen LogP contribution is 2.28. The van der Waals surface area contributed by atoms with Crippen molar-refractivity contribution < 1.29 is 9.53 Å². The van der Waals surface area contributed by atoms with E-state index in [-0.39, 0.29) is 6.09 Å². The monoisotopic (exact) mass is 413 g/mol. The van der Waals surface area contributed by atoms with Crippen LogP contribution < -0.4 is 0 Å². The summed E-state index contributed by atoms with van der Waals surface area (Å²) in [6.45, 7) is 19.1. The molecule has 2 saturated heterocycles. The lowest BCUT2D eigenvalue weighted by atomic mass is 9.98. The maximum atomic E-state index is 12.3. The highest BCUT2D eigenvalue weighted by atomic mass is 16.6. The largest absolute Gasteiger partial charge is 0.444 e. The molecule has 0 aromatic heterocycles. The number of benzene rings is 1. The minimum Gasteiger partial charge on any atom is -0.444 e. The highest BCUT2D eigenvalue weighted by molar-refractivity contribution is 5.68. The van der Waals surface area contributed by atoms with Gasteiger partial charge in [-0.3, -0.25) is 9.80 Å². The Labute approximate surface area is 182 Å². The molecule has 166 valence electrons. The molecule has 2 atom stereocenters. The van der Waals surface area contributed by atoms with Crippen LogP contribution in [0.1, 0.15) is 64.6 Å². The molecule has 1 aromatic carbocycles. The molecule has 30 heavy (non-hydrogen) atoms. The molecule has 0 saturated carbocycles. The smallest absolute Gasteiger partial charge is 0.410 e. The molecule has 2 aliphatic heterocycles. The summed E-state index contributed by atoms with van der Waals surface area (Å²) in [5.74, 6) is 0. The number of hydrogen-bond acceptors (Lipinski definition) is 4.